The lowest BCUT2D eigenvalue weighted by atomic mass is 10.3. The molecule has 0 aliphatic heterocycles. The first-order valence-corrected chi connectivity index (χ1v) is 5.89. The summed E-state index contributed by atoms with van der Waals surface area (Å²) < 4.78 is 9.96. The number of hydrogen-bond acceptors (Lipinski definition) is 5. The van der Waals surface area contributed by atoms with Crippen LogP contribution in [0.15, 0.2) is 23.1 Å². The minimum absolute atomic E-state index is 0.330. The van der Waals surface area contributed by atoms with E-state index in [1.165, 1.54) is 11.8 Å². The lowest BCUT2D eigenvalue weighted by Gasteiger charge is -2.11. The van der Waals surface area contributed by atoms with Gasteiger partial charge in [0.2, 0.25) is 0 Å². The van der Waals surface area contributed by atoms with Crippen LogP contribution in [0.3, 0.4) is 0 Å². The molecule has 0 amide bonds. The van der Waals surface area contributed by atoms with Crippen LogP contribution in [-0.4, -0.2) is 37.8 Å². The van der Waals surface area contributed by atoms with Crippen LogP contribution in [0.4, 0.5) is 5.69 Å². The van der Waals surface area contributed by atoms with Gasteiger partial charge >= 0.3 is 0 Å². The van der Waals surface area contributed by atoms with Gasteiger partial charge in [0.25, 0.3) is 0 Å². The maximum atomic E-state index is 9.51. The molecule has 4 nitrogen and oxygen atoms in total. The summed E-state index contributed by atoms with van der Waals surface area (Å²) in [6.07, 6.45) is -0.486. The van der Waals surface area contributed by atoms with E-state index in [0.29, 0.717) is 18.0 Å². The van der Waals surface area contributed by atoms with Gasteiger partial charge in [-0.2, -0.15) is 0 Å². The quantitative estimate of drug-likeness (QED) is 0.583. The van der Waals surface area contributed by atoms with Crippen LogP contribution in [0, 0.1) is 0 Å². The molecule has 1 aromatic carbocycles. The number of hydrogen-bond donors (Lipinski definition) is 2. The lowest BCUT2D eigenvalue weighted by Crippen LogP contribution is -2.16. The normalized spacial score (nSPS) is 12.4. The molecule has 90 valence electrons. The van der Waals surface area contributed by atoms with Crippen LogP contribution in [0.5, 0.6) is 5.75 Å². The average molecular weight is 243 g/mol. The molecule has 1 unspecified atom stereocenters. The molecule has 0 aromatic heterocycles. The average Bonchev–Trinajstić information content (AvgIpc) is 2.28. The van der Waals surface area contributed by atoms with Crippen molar-refractivity contribution in [1.82, 2.24) is 0 Å². The molecule has 0 spiro atoms. The SMILES string of the molecule is COCC(O)CSc1cc(OC)ccc1N. The molecule has 16 heavy (non-hydrogen) atoms. The van der Waals surface area contributed by atoms with Crippen LogP contribution < -0.4 is 10.5 Å². The summed E-state index contributed by atoms with van der Waals surface area (Å²) in [4.78, 5) is 0.912. The molecule has 0 heterocycles. The molecule has 0 aliphatic rings. The van der Waals surface area contributed by atoms with Crippen LogP contribution in [0.2, 0.25) is 0 Å². The van der Waals surface area contributed by atoms with Gasteiger partial charge in [-0.15, -0.1) is 11.8 Å². The van der Waals surface area contributed by atoms with Gasteiger partial charge in [-0.1, -0.05) is 0 Å². The predicted molar refractivity (Wildman–Crippen MR) is 66.0 cm³/mol. The number of thioether (sulfide) groups is 1. The van der Waals surface area contributed by atoms with Crippen LogP contribution in [-0.2, 0) is 4.74 Å². The number of aliphatic hydroxyl groups is 1. The van der Waals surface area contributed by atoms with Gasteiger partial charge in [0.1, 0.15) is 5.75 Å². The van der Waals surface area contributed by atoms with Crippen LogP contribution in [0.1, 0.15) is 0 Å². The summed E-state index contributed by atoms with van der Waals surface area (Å²) in [5.41, 5.74) is 6.51. The molecule has 0 aliphatic carbocycles. The summed E-state index contributed by atoms with van der Waals surface area (Å²) in [7, 11) is 3.17. The Hall–Kier alpha value is -0.910. The van der Waals surface area contributed by atoms with Crippen molar-refractivity contribution < 1.29 is 14.6 Å². The van der Waals surface area contributed by atoms with Gasteiger partial charge in [0, 0.05) is 23.4 Å². The van der Waals surface area contributed by atoms with E-state index >= 15 is 0 Å². The van der Waals surface area contributed by atoms with E-state index in [2.05, 4.69) is 0 Å². The van der Waals surface area contributed by atoms with E-state index in [9.17, 15) is 5.11 Å². The summed E-state index contributed by atoms with van der Waals surface area (Å²) in [5.74, 6) is 1.31. The number of benzene rings is 1. The van der Waals surface area contributed by atoms with Gasteiger partial charge in [-0.05, 0) is 18.2 Å². The van der Waals surface area contributed by atoms with Gasteiger partial charge < -0.3 is 20.3 Å². The Balaban J connectivity index is 2.58. The predicted octanol–water partition coefficient (Wildman–Crippen LogP) is 1.38. The van der Waals surface area contributed by atoms with Gasteiger partial charge in [0.05, 0.1) is 19.8 Å². The number of aliphatic hydroxyl groups excluding tert-OH is 1. The van der Waals surface area contributed by atoms with Gasteiger partial charge in [-0.25, -0.2) is 0 Å². The monoisotopic (exact) mass is 243 g/mol. The minimum atomic E-state index is -0.486. The second-order valence-corrected chi connectivity index (χ2v) is 4.39. The Bertz CT molecular complexity index is 333. The highest BCUT2D eigenvalue weighted by Gasteiger charge is 2.07. The third-order valence-corrected chi connectivity index (χ3v) is 3.23. The maximum absolute atomic E-state index is 9.51. The maximum Gasteiger partial charge on any atom is 0.120 e. The fraction of sp³-hybridized carbons (Fsp3) is 0.455. The molecule has 0 saturated heterocycles. The molecule has 1 aromatic rings. The highest BCUT2D eigenvalue weighted by molar-refractivity contribution is 7.99. The van der Waals surface area contributed by atoms with E-state index in [4.69, 9.17) is 15.2 Å². The number of nitrogen functional groups attached to an aromatic ring is 1. The Morgan fingerprint density at radius 3 is 2.81 bits per heavy atom. The Morgan fingerprint density at radius 1 is 1.44 bits per heavy atom. The molecule has 1 rings (SSSR count). The summed E-state index contributed by atoms with van der Waals surface area (Å²) >= 11 is 1.49. The molecular formula is C11H17NO3S. The number of ether oxygens (including phenoxy) is 2. The Morgan fingerprint density at radius 2 is 2.19 bits per heavy atom. The standard InChI is InChI=1S/C11H17NO3S/c1-14-6-8(13)7-16-11-5-9(15-2)3-4-10(11)12/h3-5,8,13H,6-7,12H2,1-2H3. The summed E-state index contributed by atoms with van der Waals surface area (Å²) in [6, 6.07) is 5.47. The number of rotatable bonds is 6. The zero-order valence-corrected chi connectivity index (χ0v) is 10.3. The second-order valence-electron chi connectivity index (χ2n) is 3.32. The molecule has 0 saturated carbocycles. The van der Waals surface area contributed by atoms with Crippen LogP contribution in [0.25, 0.3) is 0 Å². The van der Waals surface area contributed by atoms with Crippen molar-refractivity contribution in [2.45, 2.75) is 11.0 Å². The van der Waals surface area contributed by atoms with Crippen molar-refractivity contribution in [3.63, 3.8) is 0 Å². The van der Waals surface area contributed by atoms with E-state index in [1.807, 2.05) is 12.1 Å². The molecule has 0 bridgehead atoms. The van der Waals surface area contributed by atoms with Crippen molar-refractivity contribution in [1.29, 1.82) is 0 Å². The molecule has 1 atom stereocenters. The van der Waals surface area contributed by atoms with Crippen LogP contribution >= 0.6 is 11.8 Å². The topological polar surface area (TPSA) is 64.7 Å². The third kappa shape index (κ3) is 3.92. The third-order valence-electron chi connectivity index (χ3n) is 2.01. The largest absolute Gasteiger partial charge is 0.497 e. The van der Waals surface area contributed by atoms with Crippen molar-refractivity contribution in [2.75, 3.05) is 32.3 Å². The van der Waals surface area contributed by atoms with Crippen molar-refractivity contribution in [3.05, 3.63) is 18.2 Å². The van der Waals surface area contributed by atoms with Crippen molar-refractivity contribution in [3.8, 4) is 5.75 Å². The highest BCUT2D eigenvalue weighted by atomic mass is 32.2. The first-order valence-electron chi connectivity index (χ1n) is 4.90. The van der Waals surface area contributed by atoms with Gasteiger partial charge in [-0.3, -0.25) is 0 Å². The lowest BCUT2D eigenvalue weighted by molar-refractivity contribution is 0.0794. The van der Waals surface area contributed by atoms with Crippen molar-refractivity contribution >= 4 is 17.4 Å². The Labute approximate surface area is 99.7 Å². The van der Waals surface area contributed by atoms with E-state index < -0.39 is 6.10 Å². The smallest absolute Gasteiger partial charge is 0.120 e. The number of anilines is 1. The first-order chi connectivity index (χ1) is 7.67. The molecule has 0 radical (unpaired) electrons. The number of nitrogens with two attached hydrogens (primary N) is 1. The summed E-state index contributed by atoms with van der Waals surface area (Å²) in [5, 5.41) is 9.51. The molecular weight excluding hydrogens is 226 g/mol. The fourth-order valence-corrected chi connectivity index (χ4v) is 2.10. The zero-order chi connectivity index (χ0) is 12.0. The van der Waals surface area contributed by atoms with E-state index in [1.54, 1.807) is 20.3 Å². The Kier molecular flexibility index (Phi) is 5.45. The number of methoxy groups -OCH3 is 2. The second kappa shape index (κ2) is 6.62. The van der Waals surface area contributed by atoms with E-state index in [0.717, 1.165) is 10.6 Å². The highest BCUT2D eigenvalue weighted by Crippen LogP contribution is 2.29. The molecule has 5 heteroatoms. The van der Waals surface area contributed by atoms with E-state index in [-0.39, 0.29) is 0 Å². The fourth-order valence-electron chi connectivity index (χ4n) is 1.19. The molecule has 3 N–H and O–H groups in total. The zero-order valence-electron chi connectivity index (χ0n) is 9.47. The van der Waals surface area contributed by atoms with Crippen molar-refractivity contribution in [2.24, 2.45) is 0 Å². The van der Waals surface area contributed by atoms with Gasteiger partial charge in [0.15, 0.2) is 0 Å². The summed E-state index contributed by atoms with van der Waals surface area (Å²) in [6.45, 7) is 0.330. The minimum Gasteiger partial charge on any atom is -0.497 e. The molecule has 0 fully saturated rings. The first kappa shape index (κ1) is 13.2.